The molecule has 13 heavy (non-hydrogen) atoms. The average molecular weight is 198 g/mol. The molecule has 1 aromatic rings. The lowest BCUT2D eigenvalue weighted by atomic mass is 10.1. The SMILES string of the molecule is CCC(C)c1csc(CCNC)n1. The van der Waals surface area contributed by atoms with E-state index in [2.05, 4.69) is 29.5 Å². The van der Waals surface area contributed by atoms with Gasteiger partial charge in [0.05, 0.1) is 10.7 Å². The highest BCUT2D eigenvalue weighted by Crippen LogP contribution is 2.20. The third-order valence-corrected chi connectivity index (χ3v) is 3.20. The Hall–Kier alpha value is -0.410. The van der Waals surface area contributed by atoms with Crippen molar-refractivity contribution in [2.45, 2.75) is 32.6 Å². The first-order valence-electron chi connectivity index (χ1n) is 4.86. The first-order valence-corrected chi connectivity index (χ1v) is 5.74. The van der Waals surface area contributed by atoms with Crippen molar-refractivity contribution in [1.82, 2.24) is 10.3 Å². The average Bonchev–Trinajstić information content (AvgIpc) is 2.62. The van der Waals surface area contributed by atoms with Gasteiger partial charge in [0.2, 0.25) is 0 Å². The third-order valence-electron chi connectivity index (χ3n) is 2.28. The monoisotopic (exact) mass is 198 g/mol. The van der Waals surface area contributed by atoms with E-state index in [0.717, 1.165) is 13.0 Å². The zero-order chi connectivity index (χ0) is 9.68. The Morgan fingerprint density at radius 2 is 2.38 bits per heavy atom. The molecule has 0 amide bonds. The number of aromatic nitrogens is 1. The van der Waals surface area contributed by atoms with Crippen molar-refractivity contribution in [3.63, 3.8) is 0 Å². The number of likely N-dealkylation sites (N-methyl/N-ethyl adjacent to an activating group) is 1. The maximum absolute atomic E-state index is 4.60. The van der Waals surface area contributed by atoms with Crippen molar-refractivity contribution < 1.29 is 0 Å². The molecule has 0 aliphatic heterocycles. The van der Waals surface area contributed by atoms with Gasteiger partial charge < -0.3 is 5.32 Å². The van der Waals surface area contributed by atoms with Gasteiger partial charge in [0.1, 0.15) is 0 Å². The van der Waals surface area contributed by atoms with Gasteiger partial charge in [0, 0.05) is 18.3 Å². The lowest BCUT2D eigenvalue weighted by Crippen LogP contribution is -2.10. The molecule has 2 nitrogen and oxygen atoms in total. The Morgan fingerprint density at radius 3 is 3.00 bits per heavy atom. The number of hydrogen-bond donors (Lipinski definition) is 1. The highest BCUT2D eigenvalue weighted by atomic mass is 32.1. The van der Waals surface area contributed by atoms with Crippen LogP contribution in [-0.4, -0.2) is 18.6 Å². The second-order valence-electron chi connectivity index (χ2n) is 3.33. The predicted molar refractivity (Wildman–Crippen MR) is 58.5 cm³/mol. The van der Waals surface area contributed by atoms with Crippen LogP contribution in [0.15, 0.2) is 5.38 Å². The molecular formula is C10H18N2S. The van der Waals surface area contributed by atoms with Crippen LogP contribution >= 0.6 is 11.3 Å². The van der Waals surface area contributed by atoms with Gasteiger partial charge >= 0.3 is 0 Å². The Kier molecular flexibility index (Phi) is 4.39. The maximum atomic E-state index is 4.60. The van der Waals surface area contributed by atoms with Gasteiger partial charge in [-0.15, -0.1) is 11.3 Å². The summed E-state index contributed by atoms with van der Waals surface area (Å²) in [5, 5.41) is 6.58. The Balaban J connectivity index is 2.53. The summed E-state index contributed by atoms with van der Waals surface area (Å²) < 4.78 is 0. The fourth-order valence-electron chi connectivity index (χ4n) is 1.11. The van der Waals surface area contributed by atoms with E-state index in [-0.39, 0.29) is 0 Å². The predicted octanol–water partition coefficient (Wildman–Crippen LogP) is 2.42. The summed E-state index contributed by atoms with van der Waals surface area (Å²) >= 11 is 1.78. The fourth-order valence-corrected chi connectivity index (χ4v) is 2.03. The summed E-state index contributed by atoms with van der Waals surface area (Å²) in [7, 11) is 1.98. The van der Waals surface area contributed by atoms with E-state index in [4.69, 9.17) is 0 Å². The largest absolute Gasteiger partial charge is 0.319 e. The minimum absolute atomic E-state index is 0.611. The second kappa shape index (κ2) is 5.35. The van der Waals surface area contributed by atoms with Crippen LogP contribution < -0.4 is 5.32 Å². The zero-order valence-electron chi connectivity index (χ0n) is 8.63. The van der Waals surface area contributed by atoms with Gasteiger partial charge in [-0.1, -0.05) is 13.8 Å². The summed E-state index contributed by atoms with van der Waals surface area (Å²) in [6, 6.07) is 0. The lowest BCUT2D eigenvalue weighted by Gasteiger charge is -2.02. The van der Waals surface area contributed by atoms with Crippen LogP contribution in [0.4, 0.5) is 0 Å². The summed E-state index contributed by atoms with van der Waals surface area (Å²) in [6.45, 7) is 5.46. The van der Waals surface area contributed by atoms with E-state index in [1.165, 1.54) is 17.1 Å². The summed E-state index contributed by atoms with van der Waals surface area (Å²) in [6.07, 6.45) is 2.23. The van der Waals surface area contributed by atoms with E-state index in [0.29, 0.717) is 5.92 Å². The minimum atomic E-state index is 0.611. The van der Waals surface area contributed by atoms with E-state index >= 15 is 0 Å². The van der Waals surface area contributed by atoms with Gasteiger partial charge in [-0.05, 0) is 19.4 Å². The smallest absolute Gasteiger partial charge is 0.0941 e. The molecule has 0 aliphatic rings. The molecule has 0 saturated heterocycles. The van der Waals surface area contributed by atoms with Crippen molar-refractivity contribution in [3.8, 4) is 0 Å². The van der Waals surface area contributed by atoms with Crippen molar-refractivity contribution in [3.05, 3.63) is 16.1 Å². The first kappa shape index (κ1) is 10.7. The highest BCUT2D eigenvalue weighted by molar-refractivity contribution is 7.09. The Morgan fingerprint density at radius 1 is 1.62 bits per heavy atom. The van der Waals surface area contributed by atoms with Crippen LogP contribution in [0.2, 0.25) is 0 Å². The molecule has 0 spiro atoms. The lowest BCUT2D eigenvalue weighted by molar-refractivity contribution is 0.705. The van der Waals surface area contributed by atoms with Crippen LogP contribution in [-0.2, 0) is 6.42 Å². The van der Waals surface area contributed by atoms with Gasteiger partial charge in [-0.3, -0.25) is 0 Å². The quantitative estimate of drug-likeness (QED) is 0.786. The number of thiazole rings is 1. The molecule has 3 heteroatoms. The standard InChI is InChI=1S/C10H18N2S/c1-4-8(2)9-7-13-10(12-9)5-6-11-3/h7-8,11H,4-6H2,1-3H3. The van der Waals surface area contributed by atoms with Crippen molar-refractivity contribution in [2.24, 2.45) is 0 Å². The highest BCUT2D eigenvalue weighted by Gasteiger charge is 2.07. The zero-order valence-corrected chi connectivity index (χ0v) is 9.45. The normalized spacial score (nSPS) is 13.2. The Labute approximate surface area is 84.4 Å². The van der Waals surface area contributed by atoms with E-state index < -0.39 is 0 Å². The molecule has 1 aromatic heterocycles. The maximum Gasteiger partial charge on any atom is 0.0941 e. The minimum Gasteiger partial charge on any atom is -0.319 e. The van der Waals surface area contributed by atoms with Gasteiger partial charge in [-0.25, -0.2) is 4.98 Å². The molecule has 0 aliphatic carbocycles. The van der Waals surface area contributed by atoms with E-state index in [1.807, 2.05) is 7.05 Å². The summed E-state index contributed by atoms with van der Waals surface area (Å²) in [5.41, 5.74) is 1.26. The van der Waals surface area contributed by atoms with Crippen LogP contribution in [0.5, 0.6) is 0 Å². The molecule has 1 rings (SSSR count). The second-order valence-corrected chi connectivity index (χ2v) is 4.27. The third kappa shape index (κ3) is 3.08. The fraction of sp³-hybridized carbons (Fsp3) is 0.700. The van der Waals surface area contributed by atoms with Crippen LogP contribution in [0.1, 0.15) is 36.9 Å². The van der Waals surface area contributed by atoms with Crippen LogP contribution in [0.25, 0.3) is 0 Å². The Bertz CT molecular complexity index is 245. The number of nitrogens with zero attached hydrogens (tertiary/aromatic N) is 1. The van der Waals surface area contributed by atoms with Crippen molar-refractivity contribution >= 4 is 11.3 Å². The molecule has 1 unspecified atom stereocenters. The van der Waals surface area contributed by atoms with Crippen molar-refractivity contribution in [2.75, 3.05) is 13.6 Å². The molecule has 0 aromatic carbocycles. The van der Waals surface area contributed by atoms with Gasteiger partial charge in [0.15, 0.2) is 0 Å². The molecule has 74 valence electrons. The first-order chi connectivity index (χ1) is 6.27. The molecule has 1 N–H and O–H groups in total. The summed E-state index contributed by atoms with van der Waals surface area (Å²) in [4.78, 5) is 4.60. The summed E-state index contributed by atoms with van der Waals surface area (Å²) in [5.74, 6) is 0.611. The van der Waals surface area contributed by atoms with Gasteiger partial charge in [-0.2, -0.15) is 0 Å². The molecule has 0 bridgehead atoms. The van der Waals surface area contributed by atoms with Crippen LogP contribution in [0, 0.1) is 0 Å². The number of hydrogen-bond acceptors (Lipinski definition) is 3. The number of nitrogens with one attached hydrogen (secondary N) is 1. The molecule has 0 fully saturated rings. The van der Waals surface area contributed by atoms with Crippen molar-refractivity contribution in [1.29, 1.82) is 0 Å². The van der Waals surface area contributed by atoms with E-state index in [1.54, 1.807) is 11.3 Å². The molecule has 0 radical (unpaired) electrons. The number of rotatable bonds is 5. The van der Waals surface area contributed by atoms with Crippen LogP contribution in [0.3, 0.4) is 0 Å². The molecule has 1 heterocycles. The van der Waals surface area contributed by atoms with Gasteiger partial charge in [0.25, 0.3) is 0 Å². The van der Waals surface area contributed by atoms with E-state index in [9.17, 15) is 0 Å². The molecule has 1 atom stereocenters. The molecule has 0 saturated carbocycles. The topological polar surface area (TPSA) is 24.9 Å². The molecular weight excluding hydrogens is 180 g/mol.